The number of aromatic nitrogens is 1. The van der Waals surface area contributed by atoms with Crippen LogP contribution in [-0.2, 0) is 11.3 Å². The van der Waals surface area contributed by atoms with Crippen LogP contribution >= 0.6 is 0 Å². The van der Waals surface area contributed by atoms with Gasteiger partial charge >= 0.3 is 5.97 Å². The third-order valence-electron chi connectivity index (χ3n) is 6.93. The fourth-order valence-corrected chi connectivity index (χ4v) is 4.84. The van der Waals surface area contributed by atoms with Crippen LogP contribution in [0.15, 0.2) is 71.5 Å². The van der Waals surface area contributed by atoms with E-state index in [1.54, 1.807) is 10.6 Å². The summed E-state index contributed by atoms with van der Waals surface area (Å²) in [6.07, 6.45) is 6.81. The summed E-state index contributed by atoms with van der Waals surface area (Å²) >= 11 is 0. The molecule has 5 nitrogen and oxygen atoms in total. The molecule has 1 aliphatic rings. The van der Waals surface area contributed by atoms with Crippen molar-refractivity contribution in [1.29, 1.82) is 0 Å². The van der Waals surface area contributed by atoms with E-state index in [4.69, 9.17) is 0 Å². The van der Waals surface area contributed by atoms with Crippen molar-refractivity contribution in [2.24, 2.45) is 5.41 Å². The molecule has 3 aromatic rings. The second-order valence-electron chi connectivity index (χ2n) is 9.19. The lowest BCUT2D eigenvalue weighted by Crippen LogP contribution is -2.44. The van der Waals surface area contributed by atoms with Gasteiger partial charge in [-0.1, -0.05) is 54.6 Å². The number of benzene rings is 2. The molecule has 0 unspecified atom stereocenters. The summed E-state index contributed by atoms with van der Waals surface area (Å²) in [6, 6.07) is 19.8. The molecule has 1 saturated heterocycles. The van der Waals surface area contributed by atoms with Gasteiger partial charge in [-0.2, -0.15) is 0 Å². The Bertz CT molecular complexity index is 1190. The van der Waals surface area contributed by atoms with Crippen molar-refractivity contribution in [3.05, 3.63) is 88.2 Å². The lowest BCUT2D eigenvalue weighted by atomic mass is 9.75. The van der Waals surface area contributed by atoms with Crippen LogP contribution in [0.3, 0.4) is 0 Å². The molecule has 4 rings (SSSR count). The summed E-state index contributed by atoms with van der Waals surface area (Å²) < 4.78 is 1.79. The second-order valence-corrected chi connectivity index (χ2v) is 9.19. The lowest BCUT2D eigenvalue weighted by molar-refractivity contribution is -0.152. The molecule has 0 aliphatic carbocycles. The maximum absolute atomic E-state index is 12.5. The van der Waals surface area contributed by atoms with Gasteiger partial charge in [0.05, 0.1) is 10.9 Å². The van der Waals surface area contributed by atoms with Crippen molar-refractivity contribution in [3.63, 3.8) is 0 Å². The van der Waals surface area contributed by atoms with Crippen molar-refractivity contribution >= 4 is 22.9 Å². The molecule has 0 bridgehead atoms. The van der Waals surface area contributed by atoms with E-state index in [1.165, 1.54) is 5.56 Å². The highest BCUT2D eigenvalue weighted by Crippen LogP contribution is 2.37. The minimum atomic E-state index is -0.705. The normalized spacial score (nSPS) is 16.4. The SMILES string of the molecule is Cc1ccc2ccc(=O)n(CCCC3(C(=O)O)CCN(C/C=C/c4ccccc4)CC3)c2c1. The summed E-state index contributed by atoms with van der Waals surface area (Å²) in [4.78, 5) is 27.1. The number of aryl methyl sites for hydroxylation is 2. The monoisotopic (exact) mass is 444 g/mol. The third-order valence-corrected chi connectivity index (χ3v) is 6.93. The van der Waals surface area contributed by atoms with Crippen molar-refractivity contribution in [2.45, 2.75) is 39.2 Å². The van der Waals surface area contributed by atoms with E-state index in [9.17, 15) is 14.7 Å². The Morgan fingerprint density at radius 2 is 1.79 bits per heavy atom. The highest BCUT2D eigenvalue weighted by atomic mass is 16.4. The topological polar surface area (TPSA) is 62.5 Å². The number of hydrogen-bond donors (Lipinski definition) is 1. The molecular weight excluding hydrogens is 412 g/mol. The molecule has 0 atom stereocenters. The summed E-state index contributed by atoms with van der Waals surface area (Å²) in [6.45, 7) is 4.94. The Kier molecular flexibility index (Phi) is 7.09. The fourth-order valence-electron chi connectivity index (χ4n) is 4.84. The van der Waals surface area contributed by atoms with E-state index in [0.29, 0.717) is 32.2 Å². The van der Waals surface area contributed by atoms with Gasteiger partial charge in [-0.05, 0) is 74.3 Å². The summed E-state index contributed by atoms with van der Waals surface area (Å²) in [5, 5.41) is 11.1. The number of carboxylic acid groups (broad SMARTS) is 1. The molecule has 0 spiro atoms. The van der Waals surface area contributed by atoms with Crippen LogP contribution < -0.4 is 5.56 Å². The molecule has 33 heavy (non-hydrogen) atoms. The molecule has 0 radical (unpaired) electrons. The number of rotatable bonds is 8. The van der Waals surface area contributed by atoms with Gasteiger partial charge in [0.2, 0.25) is 0 Å². The number of carboxylic acids is 1. The van der Waals surface area contributed by atoms with E-state index >= 15 is 0 Å². The molecule has 0 saturated carbocycles. The minimum absolute atomic E-state index is 0.0301. The van der Waals surface area contributed by atoms with Gasteiger partial charge in [-0.3, -0.25) is 14.5 Å². The molecule has 1 aromatic heterocycles. The number of fused-ring (bicyclic) bond motifs is 1. The van der Waals surface area contributed by atoms with Crippen LogP contribution in [-0.4, -0.2) is 40.2 Å². The van der Waals surface area contributed by atoms with Gasteiger partial charge in [0.1, 0.15) is 0 Å². The first kappa shape index (κ1) is 23.0. The van der Waals surface area contributed by atoms with Gasteiger partial charge in [-0.25, -0.2) is 0 Å². The highest BCUT2D eigenvalue weighted by molar-refractivity contribution is 5.79. The molecule has 1 fully saturated rings. The molecule has 5 heteroatoms. The Labute approximate surface area is 195 Å². The number of carbonyl (C=O) groups is 1. The number of piperidine rings is 1. The fraction of sp³-hybridized carbons (Fsp3) is 0.357. The van der Waals surface area contributed by atoms with Crippen molar-refractivity contribution in [1.82, 2.24) is 9.47 Å². The first-order valence-corrected chi connectivity index (χ1v) is 11.7. The van der Waals surface area contributed by atoms with Crippen molar-refractivity contribution < 1.29 is 9.90 Å². The third kappa shape index (κ3) is 5.42. The minimum Gasteiger partial charge on any atom is -0.481 e. The predicted octanol–water partition coefficient (Wildman–Crippen LogP) is 4.97. The average Bonchev–Trinajstić information content (AvgIpc) is 2.82. The first-order chi connectivity index (χ1) is 16.0. The van der Waals surface area contributed by atoms with Crippen LogP contribution in [0, 0.1) is 12.3 Å². The van der Waals surface area contributed by atoms with E-state index in [1.807, 2.05) is 49.4 Å². The second kappa shape index (κ2) is 10.2. The quantitative estimate of drug-likeness (QED) is 0.533. The standard InChI is InChI=1S/C28H32N2O3/c1-22-10-11-24-12-13-26(31)30(25(24)21-22)18-6-14-28(27(32)33)15-19-29(20-16-28)17-5-9-23-7-3-2-4-8-23/h2-5,7-13,21H,6,14-20H2,1H3,(H,32,33)/b9-5+. The molecule has 172 valence electrons. The Balaban J connectivity index is 1.36. The van der Waals surface area contributed by atoms with E-state index in [0.717, 1.165) is 36.1 Å². The van der Waals surface area contributed by atoms with Crippen molar-refractivity contribution in [2.75, 3.05) is 19.6 Å². The maximum Gasteiger partial charge on any atom is 0.309 e. The highest BCUT2D eigenvalue weighted by Gasteiger charge is 2.40. The molecule has 1 N–H and O–H groups in total. The van der Waals surface area contributed by atoms with Gasteiger partial charge in [0, 0.05) is 19.2 Å². The summed E-state index contributed by atoms with van der Waals surface area (Å²) in [5.74, 6) is -0.705. The van der Waals surface area contributed by atoms with E-state index in [2.05, 4.69) is 29.2 Å². The lowest BCUT2D eigenvalue weighted by Gasteiger charge is -2.38. The summed E-state index contributed by atoms with van der Waals surface area (Å²) in [5.41, 5.74) is 2.47. The average molecular weight is 445 g/mol. The number of likely N-dealkylation sites (tertiary alicyclic amines) is 1. The first-order valence-electron chi connectivity index (χ1n) is 11.7. The van der Waals surface area contributed by atoms with Gasteiger partial charge in [0.25, 0.3) is 5.56 Å². The zero-order valence-electron chi connectivity index (χ0n) is 19.2. The van der Waals surface area contributed by atoms with Gasteiger partial charge < -0.3 is 9.67 Å². The Hall–Kier alpha value is -3.18. The molecule has 0 amide bonds. The maximum atomic E-state index is 12.5. The van der Waals surface area contributed by atoms with Crippen LogP contribution in [0.2, 0.25) is 0 Å². The smallest absolute Gasteiger partial charge is 0.309 e. The van der Waals surface area contributed by atoms with Crippen LogP contribution in [0.4, 0.5) is 0 Å². The number of aliphatic carboxylic acids is 1. The van der Waals surface area contributed by atoms with Gasteiger partial charge in [-0.15, -0.1) is 0 Å². The zero-order chi connectivity index (χ0) is 23.3. The van der Waals surface area contributed by atoms with Crippen molar-refractivity contribution in [3.8, 4) is 0 Å². The van der Waals surface area contributed by atoms with Crippen LogP contribution in [0.1, 0.15) is 36.8 Å². The van der Waals surface area contributed by atoms with Gasteiger partial charge in [0.15, 0.2) is 0 Å². The van der Waals surface area contributed by atoms with Crippen LogP contribution in [0.25, 0.3) is 17.0 Å². The molecule has 2 aromatic carbocycles. The Morgan fingerprint density at radius 3 is 2.52 bits per heavy atom. The number of pyridine rings is 1. The van der Waals surface area contributed by atoms with Crippen LogP contribution in [0.5, 0.6) is 0 Å². The number of hydrogen-bond acceptors (Lipinski definition) is 3. The Morgan fingerprint density at radius 1 is 1.06 bits per heavy atom. The molecular formula is C28H32N2O3. The zero-order valence-corrected chi connectivity index (χ0v) is 19.2. The largest absolute Gasteiger partial charge is 0.481 e. The molecule has 2 heterocycles. The number of nitrogens with zero attached hydrogens (tertiary/aromatic N) is 2. The van der Waals surface area contributed by atoms with E-state index in [-0.39, 0.29) is 5.56 Å². The molecule has 1 aliphatic heterocycles. The summed E-state index contributed by atoms with van der Waals surface area (Å²) in [7, 11) is 0. The van der Waals surface area contributed by atoms with E-state index < -0.39 is 11.4 Å². The predicted molar refractivity (Wildman–Crippen MR) is 133 cm³/mol.